The smallest absolute Gasteiger partial charge is 0.326 e. The summed E-state index contributed by atoms with van der Waals surface area (Å²) in [4.78, 5) is 24.0. The van der Waals surface area contributed by atoms with Crippen molar-refractivity contribution in [3.8, 4) is 6.07 Å². The number of anilines is 1. The van der Waals surface area contributed by atoms with E-state index in [2.05, 4.69) is 5.32 Å². The number of hydrogen-bond donors (Lipinski definition) is 3. The third kappa shape index (κ3) is 3.96. The zero-order valence-electron chi connectivity index (χ0n) is 10.9. The van der Waals surface area contributed by atoms with Gasteiger partial charge in [0.25, 0.3) is 0 Å². The molecule has 0 aliphatic rings. The van der Waals surface area contributed by atoms with Gasteiger partial charge in [-0.15, -0.1) is 0 Å². The molecule has 1 unspecified atom stereocenters. The highest BCUT2D eigenvalue weighted by atomic mass is 16.4. The van der Waals surface area contributed by atoms with E-state index in [0.29, 0.717) is 11.3 Å². The summed E-state index contributed by atoms with van der Waals surface area (Å²) >= 11 is 0. The van der Waals surface area contributed by atoms with Crippen molar-refractivity contribution in [3.05, 3.63) is 29.8 Å². The first-order valence-electron chi connectivity index (χ1n) is 5.87. The number of aliphatic carboxylic acids is 1. The van der Waals surface area contributed by atoms with Gasteiger partial charge in [-0.2, -0.15) is 5.26 Å². The number of carbonyl (C=O) groups is 2. The summed E-state index contributed by atoms with van der Waals surface area (Å²) in [6, 6.07) is 6.50. The number of amides is 2. The Hall–Kier alpha value is -2.59. The molecule has 3 N–H and O–H groups in total. The highest BCUT2D eigenvalue weighted by Gasteiger charge is 2.21. The van der Waals surface area contributed by atoms with Crippen LogP contribution < -0.4 is 10.2 Å². The molecule has 20 heavy (non-hydrogen) atoms. The molecule has 2 amide bonds. The number of hydrogen-bond acceptors (Lipinski definition) is 4. The lowest BCUT2D eigenvalue weighted by atomic mass is 10.2. The number of aliphatic hydroxyl groups excluding tert-OH is 1. The number of carbonyl (C=O) groups excluding carboxylic acids is 1. The lowest BCUT2D eigenvalue weighted by Crippen LogP contribution is -2.47. The summed E-state index contributed by atoms with van der Waals surface area (Å²) in [7, 11) is 1.48. The van der Waals surface area contributed by atoms with Gasteiger partial charge in [0.15, 0.2) is 0 Å². The van der Waals surface area contributed by atoms with Gasteiger partial charge >= 0.3 is 12.0 Å². The van der Waals surface area contributed by atoms with E-state index < -0.39 is 18.0 Å². The van der Waals surface area contributed by atoms with Crippen molar-refractivity contribution < 1.29 is 19.8 Å². The average molecular weight is 277 g/mol. The Morgan fingerprint density at radius 3 is 2.45 bits per heavy atom. The van der Waals surface area contributed by atoms with Gasteiger partial charge in [0, 0.05) is 25.8 Å². The van der Waals surface area contributed by atoms with E-state index in [9.17, 15) is 9.59 Å². The highest BCUT2D eigenvalue weighted by Crippen LogP contribution is 2.13. The third-order valence-electron chi connectivity index (χ3n) is 2.70. The van der Waals surface area contributed by atoms with Crippen LogP contribution in [0.1, 0.15) is 12.0 Å². The molecule has 0 fully saturated rings. The van der Waals surface area contributed by atoms with Crippen LogP contribution in [-0.2, 0) is 4.79 Å². The number of benzene rings is 1. The van der Waals surface area contributed by atoms with Crippen LogP contribution in [0.5, 0.6) is 0 Å². The van der Waals surface area contributed by atoms with Crippen molar-refractivity contribution in [2.75, 3.05) is 18.6 Å². The van der Waals surface area contributed by atoms with E-state index in [1.807, 2.05) is 6.07 Å². The lowest BCUT2D eigenvalue weighted by molar-refractivity contribution is -0.139. The van der Waals surface area contributed by atoms with Crippen molar-refractivity contribution in [2.45, 2.75) is 12.5 Å². The van der Waals surface area contributed by atoms with Gasteiger partial charge in [-0.1, -0.05) is 0 Å². The van der Waals surface area contributed by atoms with E-state index in [0.717, 1.165) is 0 Å². The molecular formula is C13H15N3O4. The average Bonchev–Trinajstić information content (AvgIpc) is 2.45. The maximum atomic E-state index is 11.9. The second-order valence-electron chi connectivity index (χ2n) is 4.07. The summed E-state index contributed by atoms with van der Waals surface area (Å²) < 4.78 is 0. The van der Waals surface area contributed by atoms with Crippen LogP contribution in [0.3, 0.4) is 0 Å². The summed E-state index contributed by atoms with van der Waals surface area (Å²) in [5, 5.41) is 28.6. The fourth-order valence-electron chi connectivity index (χ4n) is 1.51. The van der Waals surface area contributed by atoms with Gasteiger partial charge in [-0.25, -0.2) is 9.59 Å². The van der Waals surface area contributed by atoms with Crippen LogP contribution in [-0.4, -0.2) is 41.9 Å². The van der Waals surface area contributed by atoms with Crippen molar-refractivity contribution in [2.24, 2.45) is 0 Å². The summed E-state index contributed by atoms with van der Waals surface area (Å²) in [6.07, 6.45) is -0.0672. The van der Waals surface area contributed by atoms with Crippen LogP contribution in [0.2, 0.25) is 0 Å². The minimum Gasteiger partial charge on any atom is -0.480 e. The van der Waals surface area contributed by atoms with Gasteiger partial charge in [0.1, 0.15) is 6.04 Å². The molecule has 1 aromatic rings. The molecule has 0 aliphatic heterocycles. The summed E-state index contributed by atoms with van der Waals surface area (Å²) in [5.74, 6) is -1.21. The molecule has 1 rings (SSSR count). The van der Waals surface area contributed by atoms with E-state index in [1.54, 1.807) is 24.3 Å². The molecule has 0 spiro atoms. The van der Waals surface area contributed by atoms with Crippen LogP contribution in [0.25, 0.3) is 0 Å². The first kappa shape index (κ1) is 15.5. The van der Waals surface area contributed by atoms with Crippen LogP contribution in [0, 0.1) is 11.3 Å². The van der Waals surface area contributed by atoms with Gasteiger partial charge in [-0.05, 0) is 24.3 Å². The van der Waals surface area contributed by atoms with E-state index in [-0.39, 0.29) is 13.0 Å². The zero-order chi connectivity index (χ0) is 15.1. The number of aliphatic hydroxyl groups is 1. The monoisotopic (exact) mass is 277 g/mol. The number of nitrogens with one attached hydrogen (secondary N) is 1. The lowest BCUT2D eigenvalue weighted by Gasteiger charge is -2.21. The first-order chi connectivity index (χ1) is 9.49. The number of carboxylic acid groups (broad SMARTS) is 1. The Labute approximate surface area is 116 Å². The summed E-state index contributed by atoms with van der Waals surface area (Å²) in [5.41, 5.74) is 0.987. The fraction of sp³-hybridized carbons (Fsp3) is 0.308. The molecule has 0 heterocycles. The number of carboxylic acids is 1. The Morgan fingerprint density at radius 1 is 1.40 bits per heavy atom. The predicted molar refractivity (Wildman–Crippen MR) is 71.2 cm³/mol. The SMILES string of the molecule is CN(C(=O)NC(CCO)C(=O)O)c1ccc(C#N)cc1. The molecule has 0 saturated carbocycles. The maximum absolute atomic E-state index is 11.9. The number of urea groups is 1. The minimum absolute atomic E-state index is 0.0672. The Morgan fingerprint density at radius 2 is 2.00 bits per heavy atom. The molecule has 0 bridgehead atoms. The van der Waals surface area contributed by atoms with Gasteiger partial charge in [-0.3, -0.25) is 4.90 Å². The molecule has 1 aromatic carbocycles. The van der Waals surface area contributed by atoms with Crippen molar-refractivity contribution >= 4 is 17.7 Å². The van der Waals surface area contributed by atoms with E-state index in [4.69, 9.17) is 15.5 Å². The van der Waals surface area contributed by atoms with Crippen LogP contribution >= 0.6 is 0 Å². The molecule has 0 saturated heterocycles. The number of nitriles is 1. The van der Waals surface area contributed by atoms with Crippen molar-refractivity contribution in [1.82, 2.24) is 5.32 Å². The molecule has 0 aromatic heterocycles. The van der Waals surface area contributed by atoms with Crippen LogP contribution in [0.15, 0.2) is 24.3 Å². The van der Waals surface area contributed by atoms with Gasteiger partial charge in [0.2, 0.25) is 0 Å². The standard InChI is InChI=1S/C13H15N3O4/c1-16(10-4-2-9(8-14)3-5-10)13(20)15-11(6-7-17)12(18)19/h2-5,11,17H,6-7H2,1H3,(H,15,20)(H,18,19). The molecule has 1 atom stereocenters. The Balaban J connectivity index is 2.75. The highest BCUT2D eigenvalue weighted by molar-refractivity contribution is 5.94. The van der Waals surface area contributed by atoms with Gasteiger partial charge in [0.05, 0.1) is 11.6 Å². The molecule has 106 valence electrons. The molecule has 7 nitrogen and oxygen atoms in total. The van der Waals surface area contributed by atoms with E-state index >= 15 is 0 Å². The minimum atomic E-state index is -1.21. The second kappa shape index (κ2) is 7.11. The molecule has 0 radical (unpaired) electrons. The third-order valence-corrected chi connectivity index (χ3v) is 2.70. The van der Waals surface area contributed by atoms with Gasteiger partial charge < -0.3 is 15.5 Å². The Bertz CT molecular complexity index is 521. The molecular weight excluding hydrogens is 262 g/mol. The normalized spacial score (nSPS) is 11.2. The van der Waals surface area contributed by atoms with E-state index in [1.165, 1.54) is 11.9 Å². The second-order valence-corrected chi connectivity index (χ2v) is 4.07. The van der Waals surface area contributed by atoms with Crippen molar-refractivity contribution in [3.63, 3.8) is 0 Å². The maximum Gasteiger partial charge on any atom is 0.326 e. The van der Waals surface area contributed by atoms with Crippen LogP contribution in [0.4, 0.5) is 10.5 Å². The number of nitrogens with zero attached hydrogens (tertiary/aromatic N) is 2. The quantitative estimate of drug-likeness (QED) is 0.726. The number of rotatable bonds is 5. The topological polar surface area (TPSA) is 114 Å². The largest absolute Gasteiger partial charge is 0.480 e. The molecule has 0 aliphatic carbocycles. The molecule has 7 heteroatoms. The predicted octanol–water partition coefficient (Wildman–Crippen LogP) is 0.540. The Kier molecular flexibility index (Phi) is 5.50. The van der Waals surface area contributed by atoms with Crippen molar-refractivity contribution in [1.29, 1.82) is 5.26 Å². The first-order valence-corrected chi connectivity index (χ1v) is 5.87. The zero-order valence-corrected chi connectivity index (χ0v) is 10.9. The fourth-order valence-corrected chi connectivity index (χ4v) is 1.51. The summed E-state index contributed by atoms with van der Waals surface area (Å²) in [6.45, 7) is -0.335.